The summed E-state index contributed by atoms with van der Waals surface area (Å²) in [4.78, 5) is 47.8. The van der Waals surface area contributed by atoms with Crippen molar-refractivity contribution < 1.29 is 52.1 Å². The number of aromatic hydroxyl groups is 1. The molecule has 5 N–H and O–H groups in total. The van der Waals surface area contributed by atoms with E-state index in [9.17, 15) is 42.2 Å². The third-order valence-electron chi connectivity index (χ3n) is 5.21. The number of hydrogen-bond donors (Lipinski definition) is 4. The maximum Gasteiger partial charge on any atom is 0.490 e. The van der Waals surface area contributed by atoms with Gasteiger partial charge < -0.3 is 26.0 Å². The van der Waals surface area contributed by atoms with Crippen molar-refractivity contribution in [3.05, 3.63) is 46.9 Å². The Labute approximate surface area is 198 Å². The zero-order valence-electron chi connectivity index (χ0n) is 17.5. The van der Waals surface area contributed by atoms with Crippen LogP contribution in [0.3, 0.4) is 0 Å². The second-order valence-corrected chi connectivity index (χ2v) is 8.51. The fraction of sp³-hybridized carbons (Fsp3) is 0.300. The Morgan fingerprint density at radius 2 is 1.83 bits per heavy atom. The molecule has 2 atom stereocenters. The van der Waals surface area contributed by atoms with Gasteiger partial charge in [0.15, 0.2) is 11.6 Å². The van der Waals surface area contributed by atoms with Gasteiger partial charge in [0, 0.05) is 17.9 Å². The van der Waals surface area contributed by atoms with Gasteiger partial charge in [0.05, 0.1) is 5.69 Å². The van der Waals surface area contributed by atoms with E-state index < -0.39 is 52.9 Å². The predicted octanol–water partition coefficient (Wildman–Crippen LogP) is 1.41. The number of allylic oxidation sites excluding steroid dienone is 1. The van der Waals surface area contributed by atoms with Crippen LogP contribution >= 0.6 is 11.8 Å². The molecule has 3 heterocycles. The molecule has 4 rings (SSSR count). The summed E-state index contributed by atoms with van der Waals surface area (Å²) in [7, 11) is 0. The van der Waals surface area contributed by atoms with Gasteiger partial charge in [-0.2, -0.15) is 13.2 Å². The zero-order chi connectivity index (χ0) is 26.2. The Balaban J connectivity index is 0.000000429. The third-order valence-corrected chi connectivity index (χ3v) is 6.54. The molecule has 0 aromatic heterocycles. The van der Waals surface area contributed by atoms with E-state index >= 15 is 0 Å². The largest absolute Gasteiger partial charge is 0.503 e. The summed E-state index contributed by atoms with van der Waals surface area (Å²) in [6.45, 7) is 0.223. The number of thioether (sulfide) groups is 1. The number of rotatable bonds is 3. The molecule has 0 unspecified atom stereocenters. The molecular weight excluding hydrogens is 502 g/mol. The van der Waals surface area contributed by atoms with Crippen LogP contribution < -0.4 is 10.6 Å². The number of fused-ring (bicyclic) bond motifs is 1. The molecule has 2 saturated heterocycles. The molecule has 3 aliphatic heterocycles. The van der Waals surface area contributed by atoms with Gasteiger partial charge in [-0.05, 0) is 30.2 Å². The van der Waals surface area contributed by atoms with E-state index in [1.54, 1.807) is 0 Å². The second-order valence-electron chi connectivity index (χ2n) is 7.40. The van der Waals surface area contributed by atoms with Gasteiger partial charge in [-0.3, -0.25) is 14.5 Å². The standard InChI is InChI=1S/C18H16FN3O5S.C2HF3O2/c19-10-2-1-3-11(14(10)23)21-5-4-8(15(21)24)6-9-7-28-17-12(20)16(25)22(17)13(9)18(26)27;3-2(4,5)1(6)7/h1-3,6,12,17,23H,4-5,7,20H2,(H,26,27);(H,6,7)/t12-,17-;/m1./s1. The summed E-state index contributed by atoms with van der Waals surface area (Å²) in [5.41, 5.74) is 6.29. The number of alkyl halides is 3. The number of hydrogen-bond acceptors (Lipinski definition) is 7. The molecule has 188 valence electrons. The minimum atomic E-state index is -5.08. The summed E-state index contributed by atoms with van der Waals surface area (Å²) in [5, 5.41) is 26.2. The van der Waals surface area contributed by atoms with Crippen molar-refractivity contribution >= 4 is 41.2 Å². The fourth-order valence-corrected chi connectivity index (χ4v) is 4.81. The van der Waals surface area contributed by atoms with Crippen molar-refractivity contribution in [1.82, 2.24) is 4.90 Å². The first-order chi connectivity index (χ1) is 16.3. The lowest BCUT2D eigenvalue weighted by Gasteiger charge is -2.47. The van der Waals surface area contributed by atoms with Crippen LogP contribution in [0.1, 0.15) is 6.42 Å². The van der Waals surface area contributed by atoms with Crippen molar-refractivity contribution in [1.29, 1.82) is 0 Å². The smallest absolute Gasteiger partial charge is 0.490 e. The number of carboxylic acid groups (broad SMARTS) is 2. The number of phenolic OH excluding ortho intramolecular Hbond substituents is 1. The third kappa shape index (κ3) is 4.95. The van der Waals surface area contributed by atoms with Crippen LogP contribution in [0, 0.1) is 5.82 Å². The summed E-state index contributed by atoms with van der Waals surface area (Å²) in [6.07, 6.45) is -3.31. The highest BCUT2D eigenvalue weighted by Gasteiger charge is 2.51. The molecule has 1 aromatic carbocycles. The Morgan fingerprint density at radius 3 is 2.40 bits per heavy atom. The summed E-state index contributed by atoms with van der Waals surface area (Å²) in [5.74, 6) is -6.08. The topological polar surface area (TPSA) is 161 Å². The molecule has 1 aromatic rings. The number of phenols is 1. The van der Waals surface area contributed by atoms with E-state index in [4.69, 9.17) is 15.6 Å². The maximum absolute atomic E-state index is 13.6. The number of carboxylic acids is 2. The predicted molar refractivity (Wildman–Crippen MR) is 113 cm³/mol. The maximum atomic E-state index is 13.6. The van der Waals surface area contributed by atoms with Crippen LogP contribution in [0.15, 0.2) is 41.1 Å². The lowest BCUT2D eigenvalue weighted by molar-refractivity contribution is -0.192. The van der Waals surface area contributed by atoms with Gasteiger partial charge >= 0.3 is 18.1 Å². The average molecular weight is 519 g/mol. The van der Waals surface area contributed by atoms with Crippen LogP contribution in [0.4, 0.5) is 23.2 Å². The first-order valence-corrected chi connectivity index (χ1v) is 10.8. The highest BCUT2D eigenvalue weighted by atomic mass is 32.2. The van der Waals surface area contributed by atoms with Crippen molar-refractivity contribution in [2.45, 2.75) is 24.0 Å². The molecule has 0 saturated carbocycles. The number of nitrogens with zero attached hydrogens (tertiary/aromatic N) is 2. The number of benzene rings is 1. The Kier molecular flexibility index (Phi) is 7.12. The zero-order valence-corrected chi connectivity index (χ0v) is 18.3. The first kappa shape index (κ1) is 26.0. The van der Waals surface area contributed by atoms with E-state index in [-0.39, 0.29) is 17.9 Å². The number of nitrogens with two attached hydrogens (primary N) is 1. The van der Waals surface area contributed by atoms with Crippen LogP contribution in [-0.4, -0.2) is 73.9 Å². The normalized spacial score (nSPS) is 23.1. The molecule has 10 nitrogen and oxygen atoms in total. The summed E-state index contributed by atoms with van der Waals surface area (Å²) < 4.78 is 45.3. The van der Waals surface area contributed by atoms with Crippen molar-refractivity contribution in [2.75, 3.05) is 17.2 Å². The Bertz CT molecular complexity index is 1170. The van der Waals surface area contributed by atoms with Crippen LogP contribution in [-0.2, 0) is 19.2 Å². The number of amides is 2. The van der Waals surface area contributed by atoms with Crippen LogP contribution in [0.25, 0.3) is 0 Å². The highest BCUT2D eigenvalue weighted by molar-refractivity contribution is 8.00. The average Bonchev–Trinajstić information content (AvgIpc) is 3.14. The first-order valence-electron chi connectivity index (χ1n) is 9.72. The van der Waals surface area contributed by atoms with Gasteiger partial charge in [-0.1, -0.05) is 6.07 Å². The van der Waals surface area contributed by atoms with Crippen molar-refractivity contribution in [3.63, 3.8) is 0 Å². The number of β-lactam (4-membered cyclic amide) rings is 1. The quantitative estimate of drug-likeness (QED) is 0.263. The fourth-order valence-electron chi connectivity index (χ4n) is 3.56. The molecule has 35 heavy (non-hydrogen) atoms. The van der Waals surface area contributed by atoms with E-state index in [0.717, 1.165) is 11.0 Å². The minimum Gasteiger partial charge on any atom is -0.503 e. The monoisotopic (exact) mass is 519 g/mol. The molecule has 0 spiro atoms. The lowest BCUT2D eigenvalue weighted by Crippen LogP contribution is -2.68. The van der Waals surface area contributed by atoms with Gasteiger partial charge in [0.1, 0.15) is 17.1 Å². The lowest BCUT2D eigenvalue weighted by atomic mass is 10.0. The van der Waals surface area contributed by atoms with Gasteiger partial charge in [-0.25, -0.2) is 14.0 Å². The molecule has 2 fully saturated rings. The summed E-state index contributed by atoms with van der Waals surface area (Å²) >= 11 is 1.34. The van der Waals surface area contributed by atoms with E-state index in [1.807, 2.05) is 0 Å². The second kappa shape index (κ2) is 9.58. The Morgan fingerprint density at radius 1 is 1.20 bits per heavy atom. The van der Waals surface area contributed by atoms with Crippen molar-refractivity contribution in [2.24, 2.45) is 5.73 Å². The van der Waals surface area contributed by atoms with Gasteiger partial charge in [0.25, 0.3) is 5.91 Å². The number of aliphatic carboxylic acids is 2. The van der Waals surface area contributed by atoms with Crippen LogP contribution in [0.5, 0.6) is 5.75 Å². The molecule has 0 bridgehead atoms. The number of anilines is 1. The molecule has 3 aliphatic rings. The number of carbonyl (C=O) groups excluding carboxylic acids is 2. The van der Waals surface area contributed by atoms with Gasteiger partial charge in [-0.15, -0.1) is 11.8 Å². The molecule has 15 heteroatoms. The number of halogens is 4. The number of carbonyl (C=O) groups is 4. The van der Waals surface area contributed by atoms with E-state index in [0.29, 0.717) is 23.3 Å². The Hall–Kier alpha value is -3.59. The molecule has 0 radical (unpaired) electrons. The number of para-hydroxylation sites is 1. The van der Waals surface area contributed by atoms with E-state index in [2.05, 4.69) is 0 Å². The van der Waals surface area contributed by atoms with E-state index in [1.165, 1.54) is 34.9 Å². The summed E-state index contributed by atoms with van der Waals surface area (Å²) in [6, 6.07) is 3.18. The SMILES string of the molecule is N[C@@H]1C(=O)N2C(C(=O)O)=C(C=C3CCN(c4cccc(F)c4O)C3=O)CS[C@H]12.O=C(O)C(F)(F)F. The highest BCUT2D eigenvalue weighted by Crippen LogP contribution is 2.41. The molecule has 2 amide bonds. The minimum absolute atomic E-state index is 0.0582. The molecular formula is C20H17F4N3O7S. The van der Waals surface area contributed by atoms with Crippen molar-refractivity contribution in [3.8, 4) is 5.75 Å². The van der Waals surface area contributed by atoms with Crippen LogP contribution in [0.2, 0.25) is 0 Å². The van der Waals surface area contributed by atoms with Gasteiger partial charge in [0.2, 0.25) is 5.91 Å². The molecule has 0 aliphatic carbocycles.